The largest absolute Gasteiger partial charge is 0.380 e. The number of thiophene rings is 1. The first-order valence-corrected chi connectivity index (χ1v) is 9.23. The van der Waals surface area contributed by atoms with Crippen molar-refractivity contribution in [3.05, 3.63) is 57.5 Å². The van der Waals surface area contributed by atoms with Gasteiger partial charge in [-0.2, -0.15) is 0 Å². The summed E-state index contributed by atoms with van der Waals surface area (Å²) in [5.74, 6) is 1.02. The second-order valence-corrected chi connectivity index (χ2v) is 7.09. The Morgan fingerprint density at radius 2 is 2.16 bits per heavy atom. The van der Waals surface area contributed by atoms with Gasteiger partial charge in [0.2, 0.25) is 0 Å². The molecule has 0 bridgehead atoms. The predicted octanol–water partition coefficient (Wildman–Crippen LogP) is 3.58. The van der Waals surface area contributed by atoms with Gasteiger partial charge in [0.1, 0.15) is 5.82 Å². The van der Waals surface area contributed by atoms with Crippen LogP contribution < -0.4 is 10.6 Å². The molecule has 1 atom stereocenters. The fourth-order valence-corrected chi connectivity index (χ4v) is 3.40. The van der Waals surface area contributed by atoms with Crippen molar-refractivity contribution < 1.29 is 9.13 Å². The molecule has 2 N–H and O–H groups in total. The smallest absolute Gasteiger partial charge is 0.191 e. The summed E-state index contributed by atoms with van der Waals surface area (Å²) in [6.07, 6.45) is 1.06. The lowest BCUT2D eigenvalue weighted by Gasteiger charge is -2.16. The van der Waals surface area contributed by atoms with E-state index in [1.54, 1.807) is 31.6 Å². The second kappa shape index (κ2) is 10.2. The number of hydrogen-bond acceptors (Lipinski definition) is 3. The van der Waals surface area contributed by atoms with E-state index in [1.807, 2.05) is 6.07 Å². The van der Waals surface area contributed by atoms with Gasteiger partial charge in [0.25, 0.3) is 0 Å². The number of guanidine groups is 1. The topological polar surface area (TPSA) is 45.7 Å². The molecule has 0 saturated carbocycles. The Morgan fingerprint density at radius 1 is 1.32 bits per heavy atom. The van der Waals surface area contributed by atoms with Crippen LogP contribution in [-0.2, 0) is 24.3 Å². The van der Waals surface area contributed by atoms with E-state index in [0.29, 0.717) is 18.0 Å². The van der Waals surface area contributed by atoms with Crippen LogP contribution in [0.2, 0.25) is 0 Å². The number of methoxy groups -OCH3 is 1. The van der Waals surface area contributed by atoms with E-state index in [0.717, 1.165) is 24.5 Å². The lowest BCUT2D eigenvalue weighted by atomic mass is 10.1. The number of nitrogens with one attached hydrogen (secondary N) is 2. The van der Waals surface area contributed by atoms with Gasteiger partial charge in [-0.15, -0.1) is 11.3 Å². The van der Waals surface area contributed by atoms with Crippen LogP contribution in [0.3, 0.4) is 0 Å². The maximum atomic E-state index is 13.7. The summed E-state index contributed by atoms with van der Waals surface area (Å²) in [6.45, 7) is 3.91. The molecule has 1 heterocycles. The van der Waals surface area contributed by atoms with E-state index in [1.165, 1.54) is 10.9 Å². The normalized spacial score (nSPS) is 12.9. The first-order chi connectivity index (χ1) is 12.1. The number of aliphatic imine (C=N–C) groups is 1. The zero-order valence-corrected chi connectivity index (χ0v) is 15.8. The minimum absolute atomic E-state index is 0.240. The molecule has 4 nitrogen and oxygen atoms in total. The number of benzene rings is 1. The molecule has 0 aliphatic rings. The molecule has 0 radical (unpaired) electrons. The number of nitrogens with zero attached hydrogens (tertiary/aromatic N) is 1. The van der Waals surface area contributed by atoms with E-state index < -0.39 is 0 Å². The van der Waals surface area contributed by atoms with Crippen molar-refractivity contribution >= 4 is 17.3 Å². The van der Waals surface area contributed by atoms with E-state index in [2.05, 4.69) is 40.1 Å². The Labute approximate surface area is 153 Å². The molecular formula is C19H26FN3OS. The van der Waals surface area contributed by atoms with Crippen molar-refractivity contribution in [2.24, 2.45) is 10.9 Å². The highest BCUT2D eigenvalue weighted by molar-refractivity contribution is 7.09. The molecule has 1 aromatic carbocycles. The van der Waals surface area contributed by atoms with Crippen LogP contribution in [-0.4, -0.2) is 26.7 Å². The Bertz CT molecular complexity index is 673. The summed E-state index contributed by atoms with van der Waals surface area (Å²) >= 11 is 1.79. The summed E-state index contributed by atoms with van der Waals surface area (Å²) in [7, 11) is 3.31. The molecule has 1 unspecified atom stereocenters. The Morgan fingerprint density at radius 3 is 2.84 bits per heavy atom. The summed E-state index contributed by atoms with van der Waals surface area (Å²) in [5.41, 5.74) is 1.55. The van der Waals surface area contributed by atoms with E-state index in [9.17, 15) is 4.39 Å². The fourth-order valence-electron chi connectivity index (χ4n) is 2.53. The Balaban J connectivity index is 1.81. The molecule has 0 amide bonds. The van der Waals surface area contributed by atoms with E-state index >= 15 is 0 Å². The van der Waals surface area contributed by atoms with Crippen LogP contribution in [0.15, 0.2) is 40.7 Å². The van der Waals surface area contributed by atoms with Crippen LogP contribution in [0.4, 0.5) is 4.39 Å². The number of hydrogen-bond donors (Lipinski definition) is 2. The molecule has 0 aliphatic carbocycles. The zero-order chi connectivity index (χ0) is 18.1. The third-order valence-electron chi connectivity index (χ3n) is 3.84. The SMILES string of the molecule is CN=C(NCc1ccc(F)c(COC)c1)NCC(C)Cc1cccs1. The van der Waals surface area contributed by atoms with Crippen molar-refractivity contribution in [1.82, 2.24) is 10.6 Å². The van der Waals surface area contributed by atoms with Gasteiger partial charge in [0.15, 0.2) is 5.96 Å². The summed E-state index contributed by atoms with van der Waals surface area (Å²) in [5, 5.41) is 8.72. The highest BCUT2D eigenvalue weighted by atomic mass is 32.1. The molecule has 25 heavy (non-hydrogen) atoms. The third kappa shape index (κ3) is 6.48. The van der Waals surface area contributed by atoms with Gasteiger partial charge < -0.3 is 15.4 Å². The average Bonchev–Trinajstić information content (AvgIpc) is 3.11. The van der Waals surface area contributed by atoms with Crippen LogP contribution in [0.5, 0.6) is 0 Å². The Kier molecular flexibility index (Phi) is 7.88. The first-order valence-electron chi connectivity index (χ1n) is 8.35. The van der Waals surface area contributed by atoms with Crippen LogP contribution in [0.25, 0.3) is 0 Å². The summed E-state index contributed by atoms with van der Waals surface area (Å²) in [4.78, 5) is 5.64. The molecule has 136 valence electrons. The number of rotatable bonds is 8. The van der Waals surface area contributed by atoms with Crippen molar-refractivity contribution in [1.29, 1.82) is 0 Å². The molecule has 0 aliphatic heterocycles. The van der Waals surface area contributed by atoms with Gasteiger partial charge in [-0.3, -0.25) is 4.99 Å². The minimum atomic E-state index is -0.240. The molecular weight excluding hydrogens is 337 g/mol. The van der Waals surface area contributed by atoms with Gasteiger partial charge in [-0.25, -0.2) is 4.39 Å². The van der Waals surface area contributed by atoms with Crippen LogP contribution in [0, 0.1) is 11.7 Å². The van der Waals surface area contributed by atoms with Gasteiger partial charge in [-0.1, -0.05) is 19.1 Å². The molecule has 2 rings (SSSR count). The van der Waals surface area contributed by atoms with Crippen molar-refractivity contribution in [3.8, 4) is 0 Å². The second-order valence-electron chi connectivity index (χ2n) is 6.05. The quantitative estimate of drug-likeness (QED) is 0.557. The molecule has 0 spiro atoms. The van der Waals surface area contributed by atoms with Crippen LogP contribution >= 0.6 is 11.3 Å². The number of halogens is 1. The van der Waals surface area contributed by atoms with Gasteiger partial charge in [-0.05, 0) is 41.5 Å². The predicted molar refractivity (Wildman–Crippen MR) is 103 cm³/mol. The zero-order valence-electron chi connectivity index (χ0n) is 15.0. The lowest BCUT2D eigenvalue weighted by Crippen LogP contribution is -2.39. The summed E-state index contributed by atoms with van der Waals surface area (Å²) < 4.78 is 18.7. The van der Waals surface area contributed by atoms with E-state index in [4.69, 9.17) is 4.74 Å². The average molecular weight is 364 g/mol. The van der Waals surface area contributed by atoms with E-state index in [-0.39, 0.29) is 12.4 Å². The van der Waals surface area contributed by atoms with Crippen molar-refractivity contribution in [3.63, 3.8) is 0 Å². The summed E-state index contributed by atoms with van der Waals surface area (Å²) in [6, 6.07) is 9.32. The first kappa shape index (κ1) is 19.4. The van der Waals surface area contributed by atoms with Crippen LogP contribution in [0.1, 0.15) is 22.9 Å². The third-order valence-corrected chi connectivity index (χ3v) is 4.74. The minimum Gasteiger partial charge on any atom is -0.380 e. The molecule has 0 saturated heterocycles. The highest BCUT2D eigenvalue weighted by Crippen LogP contribution is 2.14. The highest BCUT2D eigenvalue weighted by Gasteiger charge is 2.07. The lowest BCUT2D eigenvalue weighted by molar-refractivity contribution is 0.181. The van der Waals surface area contributed by atoms with Gasteiger partial charge in [0, 0.05) is 37.7 Å². The van der Waals surface area contributed by atoms with Gasteiger partial charge >= 0.3 is 0 Å². The monoisotopic (exact) mass is 363 g/mol. The molecule has 1 aromatic heterocycles. The maximum absolute atomic E-state index is 13.7. The Hall–Kier alpha value is -1.92. The van der Waals surface area contributed by atoms with Gasteiger partial charge in [0.05, 0.1) is 6.61 Å². The van der Waals surface area contributed by atoms with Crippen molar-refractivity contribution in [2.45, 2.75) is 26.5 Å². The number of ether oxygens (including phenoxy) is 1. The van der Waals surface area contributed by atoms with Crippen molar-refractivity contribution in [2.75, 3.05) is 20.7 Å². The molecule has 0 fully saturated rings. The standard InChI is InChI=1S/C19H26FN3OS/c1-14(9-17-5-4-8-25-17)11-22-19(21-2)23-12-15-6-7-18(20)16(10-15)13-24-3/h4-8,10,14H,9,11-13H2,1-3H3,(H2,21,22,23). The molecule has 2 aromatic rings. The molecule has 6 heteroatoms. The fraction of sp³-hybridized carbons (Fsp3) is 0.421. The maximum Gasteiger partial charge on any atom is 0.191 e.